The molecule has 6 heteroatoms. The van der Waals surface area contributed by atoms with Gasteiger partial charge in [-0.15, -0.1) is 11.3 Å². The molecule has 2 N–H and O–H groups in total. The number of nitrogens with one attached hydrogen (secondary N) is 2. The Balaban J connectivity index is 2.18. The van der Waals surface area contributed by atoms with Crippen molar-refractivity contribution in [3.63, 3.8) is 0 Å². The van der Waals surface area contributed by atoms with E-state index in [2.05, 4.69) is 34.5 Å². The number of thiazole rings is 1. The van der Waals surface area contributed by atoms with E-state index in [1.54, 1.807) is 18.4 Å². The van der Waals surface area contributed by atoms with Gasteiger partial charge in [-0.2, -0.15) is 0 Å². The summed E-state index contributed by atoms with van der Waals surface area (Å²) in [6, 6.07) is 0. The van der Waals surface area contributed by atoms with Gasteiger partial charge in [0.15, 0.2) is 5.96 Å². The van der Waals surface area contributed by atoms with E-state index < -0.39 is 0 Å². The molecule has 0 unspecified atom stereocenters. The maximum Gasteiger partial charge on any atom is 0.190 e. The van der Waals surface area contributed by atoms with Gasteiger partial charge in [0, 0.05) is 44.6 Å². The summed E-state index contributed by atoms with van der Waals surface area (Å²) in [5.74, 6) is 0.861. The fourth-order valence-electron chi connectivity index (χ4n) is 2.11. The molecule has 0 saturated heterocycles. The molecule has 0 spiro atoms. The zero-order valence-corrected chi connectivity index (χ0v) is 15.2. The average Bonchev–Trinajstić information content (AvgIpc) is 2.88. The molecule has 1 rings (SSSR count). The van der Waals surface area contributed by atoms with Crippen LogP contribution in [0.15, 0.2) is 4.99 Å². The first-order valence-corrected chi connectivity index (χ1v) is 9.00. The highest BCUT2D eigenvalue weighted by molar-refractivity contribution is 7.11. The van der Waals surface area contributed by atoms with Crippen LogP contribution in [0.25, 0.3) is 0 Å². The summed E-state index contributed by atoms with van der Waals surface area (Å²) in [6.45, 7) is 9.74. The number of aromatic nitrogens is 1. The lowest BCUT2D eigenvalue weighted by Crippen LogP contribution is -2.38. The first kappa shape index (κ1) is 18.9. The third kappa shape index (κ3) is 7.22. The lowest BCUT2D eigenvalue weighted by molar-refractivity contribution is 0.143. The highest BCUT2D eigenvalue weighted by Gasteiger charge is 2.05. The third-order valence-corrected chi connectivity index (χ3v) is 4.41. The van der Waals surface area contributed by atoms with Gasteiger partial charge in [0.05, 0.1) is 10.7 Å². The molecular weight excluding hydrogens is 296 g/mol. The predicted octanol–water partition coefficient (Wildman–Crippen LogP) is 2.54. The molecule has 0 fully saturated rings. The van der Waals surface area contributed by atoms with E-state index in [1.807, 2.05) is 6.92 Å². The summed E-state index contributed by atoms with van der Waals surface area (Å²) in [5.41, 5.74) is 1.23. The molecule has 126 valence electrons. The Labute approximate surface area is 138 Å². The van der Waals surface area contributed by atoms with Crippen LogP contribution in [-0.4, -0.2) is 44.3 Å². The quantitative estimate of drug-likeness (QED) is 0.394. The monoisotopic (exact) mass is 326 g/mol. The zero-order chi connectivity index (χ0) is 16.2. The van der Waals surface area contributed by atoms with Crippen LogP contribution < -0.4 is 10.6 Å². The number of nitrogens with zero attached hydrogens (tertiary/aromatic N) is 2. The molecule has 1 heterocycles. The number of aliphatic imine (C=N–C) groups is 1. The second kappa shape index (κ2) is 11.4. The van der Waals surface area contributed by atoms with Crippen LogP contribution in [0.4, 0.5) is 0 Å². The largest absolute Gasteiger partial charge is 0.382 e. The molecule has 5 nitrogen and oxygen atoms in total. The van der Waals surface area contributed by atoms with Crippen molar-refractivity contribution in [1.82, 2.24) is 15.6 Å². The molecule has 22 heavy (non-hydrogen) atoms. The Morgan fingerprint density at radius 3 is 2.64 bits per heavy atom. The number of unbranched alkanes of at least 4 members (excludes halogenated alkanes) is 1. The van der Waals surface area contributed by atoms with Crippen molar-refractivity contribution in [1.29, 1.82) is 0 Å². The summed E-state index contributed by atoms with van der Waals surface area (Å²) in [5, 5.41) is 7.87. The van der Waals surface area contributed by atoms with Crippen molar-refractivity contribution in [2.75, 3.05) is 33.4 Å². The van der Waals surface area contributed by atoms with E-state index >= 15 is 0 Å². The van der Waals surface area contributed by atoms with Crippen molar-refractivity contribution in [2.45, 2.75) is 46.5 Å². The summed E-state index contributed by atoms with van der Waals surface area (Å²) < 4.78 is 5.32. The lowest BCUT2D eigenvalue weighted by atomic mass is 10.3. The second-order valence-electron chi connectivity index (χ2n) is 5.04. The molecule has 0 saturated carbocycles. The fourth-order valence-corrected chi connectivity index (χ4v) is 3.13. The van der Waals surface area contributed by atoms with Crippen LogP contribution in [0.3, 0.4) is 0 Å². The van der Waals surface area contributed by atoms with Gasteiger partial charge in [0.2, 0.25) is 0 Å². The Hall–Kier alpha value is -1.14. The third-order valence-electron chi connectivity index (χ3n) is 3.34. The summed E-state index contributed by atoms with van der Waals surface area (Å²) in [6.07, 6.45) is 4.12. The van der Waals surface area contributed by atoms with Crippen molar-refractivity contribution >= 4 is 17.3 Å². The molecule has 0 radical (unpaired) electrons. The Morgan fingerprint density at radius 2 is 2.00 bits per heavy atom. The molecule has 0 bridgehead atoms. The van der Waals surface area contributed by atoms with Gasteiger partial charge in [-0.25, -0.2) is 4.98 Å². The smallest absolute Gasteiger partial charge is 0.190 e. The van der Waals surface area contributed by atoms with E-state index in [9.17, 15) is 0 Å². The number of ether oxygens (including phenoxy) is 1. The Kier molecular flexibility index (Phi) is 9.82. The van der Waals surface area contributed by atoms with E-state index in [1.165, 1.54) is 15.6 Å². The lowest BCUT2D eigenvalue weighted by Gasteiger charge is -2.11. The highest BCUT2D eigenvalue weighted by Crippen LogP contribution is 2.17. The second-order valence-corrected chi connectivity index (χ2v) is 6.33. The normalized spacial score (nSPS) is 11.7. The van der Waals surface area contributed by atoms with Gasteiger partial charge in [0.25, 0.3) is 0 Å². The standard InChI is InChI=1S/C16H30N4OS/c1-5-14-13(3)22-15(20-14)9-11-19-16(17-4)18-10-7-8-12-21-6-2/h5-12H2,1-4H3,(H2,17,18,19). The maximum absolute atomic E-state index is 5.32. The minimum Gasteiger partial charge on any atom is -0.382 e. The van der Waals surface area contributed by atoms with Gasteiger partial charge in [-0.05, 0) is 33.1 Å². The number of aryl methyl sites for hydroxylation is 2. The van der Waals surface area contributed by atoms with Crippen molar-refractivity contribution < 1.29 is 4.74 Å². The first-order chi connectivity index (χ1) is 10.7. The average molecular weight is 327 g/mol. The summed E-state index contributed by atoms with van der Waals surface area (Å²) in [4.78, 5) is 10.2. The first-order valence-electron chi connectivity index (χ1n) is 8.18. The number of hydrogen-bond acceptors (Lipinski definition) is 4. The van der Waals surface area contributed by atoms with Crippen LogP contribution in [0.2, 0.25) is 0 Å². The highest BCUT2D eigenvalue weighted by atomic mass is 32.1. The SMILES string of the molecule is CCOCCCCNC(=NC)NCCc1nc(CC)c(C)s1. The zero-order valence-electron chi connectivity index (χ0n) is 14.4. The van der Waals surface area contributed by atoms with Gasteiger partial charge in [-0.3, -0.25) is 4.99 Å². The van der Waals surface area contributed by atoms with Crippen LogP contribution in [-0.2, 0) is 17.6 Å². The van der Waals surface area contributed by atoms with Crippen LogP contribution >= 0.6 is 11.3 Å². The van der Waals surface area contributed by atoms with E-state index in [0.717, 1.165) is 57.9 Å². The van der Waals surface area contributed by atoms with Gasteiger partial charge < -0.3 is 15.4 Å². The van der Waals surface area contributed by atoms with E-state index in [-0.39, 0.29) is 0 Å². The topological polar surface area (TPSA) is 58.5 Å². The summed E-state index contributed by atoms with van der Waals surface area (Å²) in [7, 11) is 1.80. The minimum absolute atomic E-state index is 0.798. The predicted molar refractivity (Wildman–Crippen MR) is 95.0 cm³/mol. The molecule has 1 aromatic rings. The molecule has 0 atom stereocenters. The number of hydrogen-bond donors (Lipinski definition) is 2. The van der Waals surface area contributed by atoms with Gasteiger partial charge >= 0.3 is 0 Å². The molecule has 0 aliphatic rings. The van der Waals surface area contributed by atoms with E-state index in [0.29, 0.717) is 0 Å². The summed E-state index contributed by atoms with van der Waals surface area (Å²) >= 11 is 1.80. The van der Waals surface area contributed by atoms with Crippen molar-refractivity contribution in [2.24, 2.45) is 4.99 Å². The van der Waals surface area contributed by atoms with Gasteiger partial charge in [0.1, 0.15) is 0 Å². The van der Waals surface area contributed by atoms with Gasteiger partial charge in [-0.1, -0.05) is 6.92 Å². The number of rotatable bonds is 10. The molecule has 0 aromatic carbocycles. The molecule has 1 aromatic heterocycles. The van der Waals surface area contributed by atoms with Crippen LogP contribution in [0.5, 0.6) is 0 Å². The molecule has 0 amide bonds. The van der Waals surface area contributed by atoms with Crippen LogP contribution in [0.1, 0.15) is 42.3 Å². The molecule has 0 aliphatic heterocycles. The minimum atomic E-state index is 0.798. The molecular formula is C16H30N4OS. The molecule has 0 aliphatic carbocycles. The van der Waals surface area contributed by atoms with E-state index in [4.69, 9.17) is 4.74 Å². The van der Waals surface area contributed by atoms with Crippen molar-refractivity contribution in [3.05, 3.63) is 15.6 Å². The Bertz CT molecular complexity index is 445. The van der Waals surface area contributed by atoms with Crippen LogP contribution in [0, 0.1) is 6.92 Å². The maximum atomic E-state index is 5.32. The number of guanidine groups is 1. The van der Waals surface area contributed by atoms with Crippen molar-refractivity contribution in [3.8, 4) is 0 Å². The fraction of sp³-hybridized carbons (Fsp3) is 0.750. The Morgan fingerprint density at radius 1 is 1.23 bits per heavy atom.